The Morgan fingerprint density at radius 1 is 1.45 bits per heavy atom. The van der Waals surface area contributed by atoms with Gasteiger partial charge in [0.1, 0.15) is 0 Å². The van der Waals surface area contributed by atoms with Crippen molar-refractivity contribution in [2.24, 2.45) is 7.05 Å². The fourth-order valence-electron chi connectivity index (χ4n) is 1.13. The van der Waals surface area contributed by atoms with Crippen molar-refractivity contribution in [3.05, 3.63) is 28.0 Å². The Morgan fingerprint density at radius 2 is 2.27 bits per heavy atom. The van der Waals surface area contributed by atoms with E-state index in [9.17, 15) is 0 Å². The van der Waals surface area contributed by atoms with Crippen molar-refractivity contribution in [1.82, 2.24) is 9.78 Å². The quantitative estimate of drug-likeness (QED) is 0.662. The standard InChI is InChI=1S/C8H7IN2/c1-11-8-3-2-7(9)4-6(8)5-10-11/h2-5H,1H3. The molecule has 0 saturated carbocycles. The van der Waals surface area contributed by atoms with Gasteiger partial charge in [-0.15, -0.1) is 0 Å². The van der Waals surface area contributed by atoms with Crippen LogP contribution in [-0.4, -0.2) is 9.78 Å². The van der Waals surface area contributed by atoms with E-state index in [-0.39, 0.29) is 0 Å². The van der Waals surface area contributed by atoms with Gasteiger partial charge in [-0.1, -0.05) is 0 Å². The van der Waals surface area contributed by atoms with Gasteiger partial charge in [-0.05, 0) is 40.8 Å². The minimum absolute atomic E-state index is 1.19. The number of rotatable bonds is 0. The largest absolute Gasteiger partial charge is 0.268 e. The van der Waals surface area contributed by atoms with Crippen molar-refractivity contribution in [2.75, 3.05) is 0 Å². The lowest BCUT2D eigenvalue weighted by Gasteiger charge is -1.93. The lowest BCUT2D eigenvalue weighted by atomic mass is 10.3. The van der Waals surface area contributed by atoms with Crippen LogP contribution in [0.2, 0.25) is 0 Å². The number of halogens is 1. The topological polar surface area (TPSA) is 17.8 Å². The summed E-state index contributed by atoms with van der Waals surface area (Å²) >= 11 is 2.30. The highest BCUT2D eigenvalue weighted by Crippen LogP contribution is 2.15. The zero-order valence-electron chi connectivity index (χ0n) is 6.08. The van der Waals surface area contributed by atoms with E-state index in [0.29, 0.717) is 0 Å². The maximum Gasteiger partial charge on any atom is 0.0679 e. The van der Waals surface area contributed by atoms with E-state index in [1.54, 1.807) is 0 Å². The van der Waals surface area contributed by atoms with Crippen LogP contribution in [0.4, 0.5) is 0 Å². The number of hydrogen-bond donors (Lipinski definition) is 0. The van der Waals surface area contributed by atoms with Gasteiger partial charge in [0.15, 0.2) is 0 Å². The van der Waals surface area contributed by atoms with E-state index < -0.39 is 0 Å². The highest BCUT2D eigenvalue weighted by molar-refractivity contribution is 14.1. The molecule has 2 aromatic rings. The SMILES string of the molecule is Cn1ncc2cc(I)ccc21. The van der Waals surface area contributed by atoms with E-state index in [1.165, 1.54) is 14.5 Å². The number of aromatic nitrogens is 2. The molecule has 2 rings (SSSR count). The molecule has 0 bridgehead atoms. The average molecular weight is 258 g/mol. The minimum Gasteiger partial charge on any atom is -0.268 e. The van der Waals surface area contributed by atoms with Crippen molar-refractivity contribution < 1.29 is 0 Å². The molecule has 0 fully saturated rings. The zero-order valence-corrected chi connectivity index (χ0v) is 8.24. The number of nitrogens with zero attached hydrogens (tertiary/aromatic N) is 2. The van der Waals surface area contributed by atoms with Crippen LogP contribution in [0.3, 0.4) is 0 Å². The molecule has 0 unspecified atom stereocenters. The highest BCUT2D eigenvalue weighted by atomic mass is 127. The average Bonchev–Trinajstić information content (AvgIpc) is 2.32. The molecule has 0 atom stereocenters. The summed E-state index contributed by atoms with van der Waals surface area (Å²) in [5.74, 6) is 0. The smallest absolute Gasteiger partial charge is 0.0679 e. The van der Waals surface area contributed by atoms with E-state index >= 15 is 0 Å². The summed E-state index contributed by atoms with van der Waals surface area (Å²) in [7, 11) is 1.95. The van der Waals surface area contributed by atoms with Crippen molar-refractivity contribution in [1.29, 1.82) is 0 Å². The van der Waals surface area contributed by atoms with Crippen molar-refractivity contribution in [3.63, 3.8) is 0 Å². The molecule has 56 valence electrons. The van der Waals surface area contributed by atoms with E-state index in [0.717, 1.165) is 0 Å². The summed E-state index contributed by atoms with van der Waals surface area (Å²) in [6, 6.07) is 6.30. The van der Waals surface area contributed by atoms with Gasteiger partial charge in [0.05, 0.1) is 11.7 Å². The molecular weight excluding hydrogens is 251 g/mol. The molecule has 1 aromatic carbocycles. The number of hydrogen-bond acceptors (Lipinski definition) is 1. The summed E-state index contributed by atoms with van der Waals surface area (Å²) in [6.07, 6.45) is 1.89. The van der Waals surface area contributed by atoms with E-state index in [4.69, 9.17) is 0 Å². The first-order valence-corrected chi connectivity index (χ1v) is 4.42. The molecule has 1 aromatic heterocycles. The Kier molecular flexibility index (Phi) is 1.60. The van der Waals surface area contributed by atoms with Gasteiger partial charge in [-0.3, -0.25) is 4.68 Å². The summed E-state index contributed by atoms with van der Waals surface area (Å²) in [6.45, 7) is 0. The maximum absolute atomic E-state index is 4.15. The fraction of sp³-hybridized carbons (Fsp3) is 0.125. The predicted molar refractivity (Wildman–Crippen MR) is 53.4 cm³/mol. The van der Waals surface area contributed by atoms with Crippen LogP contribution in [0, 0.1) is 3.57 Å². The van der Waals surface area contributed by atoms with Crippen molar-refractivity contribution in [3.8, 4) is 0 Å². The van der Waals surface area contributed by atoms with Crippen LogP contribution in [-0.2, 0) is 7.05 Å². The Balaban J connectivity index is 2.86. The van der Waals surface area contributed by atoms with Gasteiger partial charge < -0.3 is 0 Å². The summed E-state index contributed by atoms with van der Waals surface area (Å²) in [5, 5.41) is 5.36. The van der Waals surface area contributed by atoms with Gasteiger partial charge in [-0.2, -0.15) is 5.10 Å². The molecule has 0 aliphatic heterocycles. The molecule has 0 radical (unpaired) electrons. The molecule has 2 nitrogen and oxygen atoms in total. The second-order valence-corrected chi connectivity index (χ2v) is 3.72. The van der Waals surface area contributed by atoms with Crippen LogP contribution in [0.5, 0.6) is 0 Å². The molecule has 0 amide bonds. The maximum atomic E-state index is 4.15. The first-order valence-electron chi connectivity index (χ1n) is 3.34. The molecule has 11 heavy (non-hydrogen) atoms. The van der Waals surface area contributed by atoms with Gasteiger partial charge >= 0.3 is 0 Å². The Morgan fingerprint density at radius 3 is 3.09 bits per heavy atom. The molecule has 0 saturated heterocycles. The third kappa shape index (κ3) is 1.13. The highest BCUT2D eigenvalue weighted by Gasteiger charge is 1.97. The molecular formula is C8H7IN2. The Hall–Kier alpha value is -0.580. The second-order valence-electron chi connectivity index (χ2n) is 2.47. The summed E-state index contributed by atoms with van der Waals surface area (Å²) in [5.41, 5.74) is 1.19. The van der Waals surface area contributed by atoms with E-state index in [1.807, 2.05) is 17.9 Å². The van der Waals surface area contributed by atoms with Crippen LogP contribution >= 0.6 is 22.6 Å². The third-order valence-corrected chi connectivity index (χ3v) is 2.38. The second kappa shape index (κ2) is 2.48. The summed E-state index contributed by atoms with van der Waals surface area (Å²) in [4.78, 5) is 0. The van der Waals surface area contributed by atoms with Crippen LogP contribution in [0.15, 0.2) is 24.4 Å². The number of aryl methyl sites for hydroxylation is 1. The lowest BCUT2D eigenvalue weighted by Crippen LogP contribution is -1.87. The van der Waals surface area contributed by atoms with Crippen molar-refractivity contribution >= 4 is 33.5 Å². The van der Waals surface area contributed by atoms with Gasteiger partial charge in [0.2, 0.25) is 0 Å². The van der Waals surface area contributed by atoms with Crippen LogP contribution in [0.25, 0.3) is 10.9 Å². The third-order valence-electron chi connectivity index (χ3n) is 1.71. The monoisotopic (exact) mass is 258 g/mol. The molecule has 0 N–H and O–H groups in total. The molecule has 0 aliphatic rings. The summed E-state index contributed by atoms with van der Waals surface area (Å²) < 4.78 is 3.13. The number of benzene rings is 1. The Labute approximate surface area is 78.3 Å². The molecule has 0 spiro atoms. The minimum atomic E-state index is 1.19. The van der Waals surface area contributed by atoms with Gasteiger partial charge in [0.25, 0.3) is 0 Å². The van der Waals surface area contributed by atoms with Crippen molar-refractivity contribution in [2.45, 2.75) is 0 Å². The first-order chi connectivity index (χ1) is 5.27. The Bertz CT molecular complexity index is 392. The van der Waals surface area contributed by atoms with Crippen LogP contribution < -0.4 is 0 Å². The normalized spacial score (nSPS) is 10.7. The first kappa shape index (κ1) is 7.09. The van der Waals surface area contributed by atoms with E-state index in [2.05, 4.69) is 45.9 Å². The zero-order chi connectivity index (χ0) is 7.84. The number of fused-ring (bicyclic) bond motifs is 1. The predicted octanol–water partition coefficient (Wildman–Crippen LogP) is 2.18. The molecule has 3 heteroatoms. The lowest BCUT2D eigenvalue weighted by molar-refractivity contribution is 0.797. The molecule has 1 heterocycles. The van der Waals surface area contributed by atoms with Gasteiger partial charge in [0, 0.05) is 16.0 Å². The van der Waals surface area contributed by atoms with Gasteiger partial charge in [-0.25, -0.2) is 0 Å². The fourth-order valence-corrected chi connectivity index (χ4v) is 1.65. The molecule has 0 aliphatic carbocycles. The van der Waals surface area contributed by atoms with Crippen LogP contribution in [0.1, 0.15) is 0 Å².